The topological polar surface area (TPSA) is 37.4 Å². The average Bonchev–Trinajstić information content (AvgIpc) is 2.53. The molecule has 0 aliphatic rings. The molecule has 2 aromatic rings. The van der Waals surface area contributed by atoms with E-state index in [0.29, 0.717) is 13.0 Å². The molecule has 2 aromatic carbocycles. The van der Waals surface area contributed by atoms with Gasteiger partial charge in [0.1, 0.15) is 5.78 Å². The highest BCUT2D eigenvalue weighted by Gasteiger charge is 2.13. The lowest BCUT2D eigenvalue weighted by molar-refractivity contribution is -0.116. The predicted molar refractivity (Wildman–Crippen MR) is 91.3 cm³/mol. The van der Waals surface area contributed by atoms with E-state index in [1.54, 1.807) is 23.6 Å². The fraction of sp³-hybridized carbons (Fsp3) is 0.222. The van der Waals surface area contributed by atoms with Crippen molar-refractivity contribution in [1.29, 1.82) is 0 Å². The molecule has 0 aromatic heterocycles. The van der Waals surface area contributed by atoms with Crippen LogP contribution in [-0.4, -0.2) is 18.4 Å². The van der Waals surface area contributed by atoms with Gasteiger partial charge in [-0.1, -0.05) is 36.4 Å². The van der Waals surface area contributed by atoms with Crippen molar-refractivity contribution in [2.75, 3.05) is 11.2 Å². The number of para-hydroxylation sites is 1. The fourth-order valence-corrected chi connectivity index (χ4v) is 3.01. The van der Waals surface area contributed by atoms with Crippen molar-refractivity contribution in [2.45, 2.75) is 24.8 Å². The van der Waals surface area contributed by atoms with E-state index >= 15 is 0 Å². The largest absolute Gasteiger partial charge is 0.310 e. The van der Waals surface area contributed by atoms with Gasteiger partial charge in [-0.25, -0.2) is 0 Å². The van der Waals surface area contributed by atoms with Crippen LogP contribution < -0.4 is 4.90 Å². The molecule has 0 aliphatic heterocycles. The van der Waals surface area contributed by atoms with Gasteiger partial charge in [0.25, 0.3) is 0 Å². The average molecular weight is 313 g/mol. The number of thioether (sulfide) groups is 1. The van der Waals surface area contributed by atoms with E-state index in [4.69, 9.17) is 0 Å². The van der Waals surface area contributed by atoms with Gasteiger partial charge in [0, 0.05) is 17.0 Å². The Balaban J connectivity index is 2.33. The van der Waals surface area contributed by atoms with Crippen molar-refractivity contribution in [3.05, 3.63) is 59.7 Å². The van der Waals surface area contributed by atoms with Gasteiger partial charge in [0.15, 0.2) is 0 Å². The third-order valence-corrected chi connectivity index (χ3v) is 4.24. The van der Waals surface area contributed by atoms with Gasteiger partial charge in [-0.2, -0.15) is 0 Å². The first-order valence-electron chi connectivity index (χ1n) is 7.07. The highest BCUT2D eigenvalue weighted by atomic mass is 32.2. The van der Waals surface area contributed by atoms with Gasteiger partial charge in [-0.15, -0.1) is 11.8 Å². The van der Waals surface area contributed by atoms with Gasteiger partial charge in [-0.3, -0.25) is 9.59 Å². The lowest BCUT2D eigenvalue weighted by Gasteiger charge is -2.21. The van der Waals surface area contributed by atoms with Crippen LogP contribution in [0.2, 0.25) is 0 Å². The molecule has 4 heteroatoms. The smallest absolute Gasteiger partial charge is 0.214 e. The standard InChI is InChI=1S/C18H19NO2S/c1-14(21)11-15-7-3-5-9-17(15)19(13-20)12-16-8-4-6-10-18(16)22-2/h3-10,13H,11-12H2,1-2H3. The van der Waals surface area contributed by atoms with Crippen LogP contribution in [0.25, 0.3) is 0 Å². The van der Waals surface area contributed by atoms with Crippen LogP contribution >= 0.6 is 11.8 Å². The number of hydrogen-bond donors (Lipinski definition) is 0. The van der Waals surface area contributed by atoms with E-state index in [9.17, 15) is 9.59 Å². The zero-order valence-corrected chi connectivity index (χ0v) is 13.6. The number of anilines is 1. The maximum Gasteiger partial charge on any atom is 0.214 e. The summed E-state index contributed by atoms with van der Waals surface area (Å²) in [6, 6.07) is 15.6. The van der Waals surface area contributed by atoms with Gasteiger partial charge in [0.05, 0.1) is 6.54 Å². The van der Waals surface area contributed by atoms with E-state index in [2.05, 4.69) is 0 Å². The lowest BCUT2D eigenvalue weighted by atomic mass is 10.1. The van der Waals surface area contributed by atoms with Crippen LogP contribution in [0.4, 0.5) is 5.69 Å². The quantitative estimate of drug-likeness (QED) is 0.578. The molecule has 3 nitrogen and oxygen atoms in total. The zero-order valence-electron chi connectivity index (χ0n) is 12.8. The van der Waals surface area contributed by atoms with Crippen LogP contribution in [0.15, 0.2) is 53.4 Å². The molecule has 0 atom stereocenters. The summed E-state index contributed by atoms with van der Waals surface area (Å²) in [6.45, 7) is 2.06. The summed E-state index contributed by atoms with van der Waals surface area (Å²) in [7, 11) is 0. The predicted octanol–water partition coefficient (Wildman–Crippen LogP) is 3.70. The minimum atomic E-state index is 0.0859. The van der Waals surface area contributed by atoms with Crippen molar-refractivity contribution < 1.29 is 9.59 Å². The van der Waals surface area contributed by atoms with Crippen LogP contribution in [0, 0.1) is 0 Å². The Morgan fingerprint density at radius 2 is 1.73 bits per heavy atom. The number of benzene rings is 2. The number of rotatable bonds is 7. The molecule has 114 valence electrons. The van der Waals surface area contributed by atoms with E-state index in [0.717, 1.165) is 28.1 Å². The van der Waals surface area contributed by atoms with E-state index in [1.165, 1.54) is 0 Å². The number of carbonyl (C=O) groups excluding carboxylic acids is 2. The number of Topliss-reactive ketones (excluding diaryl/α,β-unsaturated/α-hetero) is 1. The normalized spacial score (nSPS) is 10.3. The molecule has 0 unspecified atom stereocenters. The van der Waals surface area contributed by atoms with Gasteiger partial charge >= 0.3 is 0 Å². The van der Waals surface area contributed by atoms with Gasteiger partial charge < -0.3 is 4.90 Å². The molecule has 0 heterocycles. The first kappa shape index (κ1) is 16.3. The first-order valence-corrected chi connectivity index (χ1v) is 8.29. The summed E-state index contributed by atoms with van der Waals surface area (Å²) in [5.41, 5.74) is 2.77. The Bertz CT molecular complexity index is 670. The second-order valence-corrected chi connectivity index (χ2v) is 5.90. The molecule has 0 saturated heterocycles. The second kappa shape index (κ2) is 7.80. The van der Waals surface area contributed by atoms with E-state index in [1.807, 2.05) is 54.8 Å². The molecule has 0 aliphatic carbocycles. The molecular formula is C18H19NO2S. The third-order valence-electron chi connectivity index (χ3n) is 3.40. The summed E-state index contributed by atoms with van der Waals surface area (Å²) in [5.74, 6) is 0.0859. The molecule has 2 rings (SSSR count). The molecular weight excluding hydrogens is 294 g/mol. The molecule has 0 N–H and O–H groups in total. The first-order chi connectivity index (χ1) is 10.7. The Kier molecular flexibility index (Phi) is 5.78. The Morgan fingerprint density at radius 3 is 2.36 bits per heavy atom. The molecule has 1 amide bonds. The monoisotopic (exact) mass is 313 g/mol. The van der Waals surface area contributed by atoms with Crippen LogP contribution in [0.1, 0.15) is 18.1 Å². The van der Waals surface area contributed by atoms with Crippen LogP contribution in [-0.2, 0) is 22.6 Å². The van der Waals surface area contributed by atoms with Crippen molar-refractivity contribution in [1.82, 2.24) is 0 Å². The minimum Gasteiger partial charge on any atom is -0.310 e. The molecule has 0 bridgehead atoms. The minimum absolute atomic E-state index is 0.0859. The van der Waals surface area contributed by atoms with Gasteiger partial charge in [0.2, 0.25) is 6.41 Å². The number of carbonyl (C=O) groups is 2. The zero-order chi connectivity index (χ0) is 15.9. The number of ketones is 1. The van der Waals surface area contributed by atoms with Crippen LogP contribution in [0.5, 0.6) is 0 Å². The molecule has 0 saturated carbocycles. The Morgan fingerprint density at radius 1 is 1.09 bits per heavy atom. The maximum absolute atomic E-state index is 11.6. The number of nitrogens with zero attached hydrogens (tertiary/aromatic N) is 1. The fourth-order valence-electron chi connectivity index (χ4n) is 2.41. The van der Waals surface area contributed by atoms with Gasteiger partial charge in [-0.05, 0) is 36.4 Å². The summed E-state index contributed by atoms with van der Waals surface area (Å²) in [4.78, 5) is 25.8. The molecule has 0 fully saturated rings. The Hall–Kier alpha value is -2.07. The molecule has 22 heavy (non-hydrogen) atoms. The van der Waals surface area contributed by atoms with E-state index in [-0.39, 0.29) is 5.78 Å². The summed E-state index contributed by atoms with van der Waals surface area (Å²) in [6.07, 6.45) is 3.19. The summed E-state index contributed by atoms with van der Waals surface area (Å²) >= 11 is 1.66. The van der Waals surface area contributed by atoms with Crippen molar-refractivity contribution in [3.8, 4) is 0 Å². The Labute approximate surface area is 135 Å². The lowest BCUT2D eigenvalue weighted by Crippen LogP contribution is -2.22. The van der Waals surface area contributed by atoms with Crippen molar-refractivity contribution in [2.24, 2.45) is 0 Å². The molecule has 0 radical (unpaired) electrons. The molecule has 0 spiro atoms. The van der Waals surface area contributed by atoms with Crippen molar-refractivity contribution in [3.63, 3.8) is 0 Å². The second-order valence-electron chi connectivity index (χ2n) is 5.05. The SMILES string of the molecule is CSc1ccccc1CN(C=O)c1ccccc1CC(C)=O. The highest BCUT2D eigenvalue weighted by molar-refractivity contribution is 7.98. The van der Waals surface area contributed by atoms with Crippen molar-refractivity contribution >= 4 is 29.6 Å². The van der Waals surface area contributed by atoms with Crippen LogP contribution in [0.3, 0.4) is 0 Å². The summed E-state index contributed by atoms with van der Waals surface area (Å²) in [5, 5.41) is 0. The maximum atomic E-state index is 11.6. The third kappa shape index (κ3) is 3.98. The summed E-state index contributed by atoms with van der Waals surface area (Å²) < 4.78 is 0. The van der Waals surface area contributed by atoms with E-state index < -0.39 is 0 Å². The highest BCUT2D eigenvalue weighted by Crippen LogP contribution is 2.26. The number of hydrogen-bond acceptors (Lipinski definition) is 3. The number of amides is 1.